The molecule has 0 spiro atoms. The van der Waals surface area contributed by atoms with E-state index in [0.717, 1.165) is 0 Å². The van der Waals surface area contributed by atoms with Crippen molar-refractivity contribution in [1.29, 1.82) is 0 Å². The van der Waals surface area contributed by atoms with E-state index < -0.39 is 12.1 Å². The lowest BCUT2D eigenvalue weighted by Gasteiger charge is -2.19. The minimum absolute atomic E-state index is 0.336. The van der Waals surface area contributed by atoms with Gasteiger partial charge in [-0.2, -0.15) is 0 Å². The number of ether oxygens (including phenoxy) is 3. The molecular formula is C10H16O5. The van der Waals surface area contributed by atoms with E-state index in [9.17, 15) is 9.59 Å². The molecule has 0 N–H and O–H groups in total. The molecule has 15 heavy (non-hydrogen) atoms. The highest BCUT2D eigenvalue weighted by Gasteiger charge is 2.21. The van der Waals surface area contributed by atoms with Crippen LogP contribution in [-0.2, 0) is 23.8 Å². The van der Waals surface area contributed by atoms with Crippen LogP contribution in [-0.4, -0.2) is 39.7 Å². The third-order valence-corrected chi connectivity index (χ3v) is 2.04. The van der Waals surface area contributed by atoms with Gasteiger partial charge in [-0.1, -0.05) is 6.92 Å². The Kier molecular flexibility index (Phi) is 6.37. The Hall–Kier alpha value is -1.36. The zero-order chi connectivity index (χ0) is 11.8. The predicted molar refractivity (Wildman–Crippen MR) is 53.1 cm³/mol. The summed E-state index contributed by atoms with van der Waals surface area (Å²) in [5.41, 5.74) is 0. The molecule has 0 radical (unpaired) electrons. The van der Waals surface area contributed by atoms with Crippen LogP contribution in [0.4, 0.5) is 0 Å². The van der Waals surface area contributed by atoms with E-state index in [0.29, 0.717) is 12.0 Å². The summed E-state index contributed by atoms with van der Waals surface area (Å²) < 4.78 is 14.4. The number of esters is 1. The molecule has 2 atom stereocenters. The molecule has 0 unspecified atom stereocenters. The summed E-state index contributed by atoms with van der Waals surface area (Å²) in [4.78, 5) is 21.6. The van der Waals surface area contributed by atoms with E-state index in [1.165, 1.54) is 27.4 Å². The molecule has 0 rings (SSSR count). The van der Waals surface area contributed by atoms with Gasteiger partial charge in [-0.25, -0.2) is 4.79 Å². The Labute approximate surface area is 89.0 Å². The first-order valence-corrected chi connectivity index (χ1v) is 4.42. The molecule has 0 saturated carbocycles. The standard InChI is InChI=1S/C10H16O5/c1-7(9(6-11)14-3)8(13-2)5-10(12)15-4/h5-7,9H,1-4H3/b8-5-/t7-,9-/m0/s1. The average molecular weight is 216 g/mol. The van der Waals surface area contributed by atoms with Crippen molar-refractivity contribution >= 4 is 12.3 Å². The Balaban J connectivity index is 4.72. The molecule has 5 heteroatoms. The summed E-state index contributed by atoms with van der Waals surface area (Å²) >= 11 is 0. The first-order chi connectivity index (χ1) is 7.10. The van der Waals surface area contributed by atoms with Gasteiger partial charge in [0.15, 0.2) is 0 Å². The van der Waals surface area contributed by atoms with Crippen LogP contribution in [0.1, 0.15) is 6.92 Å². The van der Waals surface area contributed by atoms with E-state index in [2.05, 4.69) is 4.74 Å². The van der Waals surface area contributed by atoms with Gasteiger partial charge in [0.25, 0.3) is 0 Å². The van der Waals surface area contributed by atoms with E-state index in [1.54, 1.807) is 6.92 Å². The Morgan fingerprint density at radius 3 is 2.13 bits per heavy atom. The third kappa shape index (κ3) is 4.12. The highest BCUT2D eigenvalue weighted by Crippen LogP contribution is 2.16. The second-order valence-corrected chi connectivity index (χ2v) is 2.90. The van der Waals surface area contributed by atoms with Gasteiger partial charge in [0.1, 0.15) is 18.1 Å². The van der Waals surface area contributed by atoms with Crippen LogP contribution < -0.4 is 0 Å². The van der Waals surface area contributed by atoms with E-state index in [1.807, 2.05) is 0 Å². The van der Waals surface area contributed by atoms with Crippen molar-refractivity contribution in [3.8, 4) is 0 Å². The smallest absolute Gasteiger partial charge is 0.333 e. The zero-order valence-corrected chi connectivity index (χ0v) is 9.35. The van der Waals surface area contributed by atoms with Gasteiger partial charge < -0.3 is 19.0 Å². The lowest BCUT2D eigenvalue weighted by molar-refractivity contribution is -0.135. The first kappa shape index (κ1) is 13.6. The van der Waals surface area contributed by atoms with E-state index in [-0.39, 0.29) is 5.92 Å². The van der Waals surface area contributed by atoms with Crippen LogP contribution in [0.5, 0.6) is 0 Å². The quantitative estimate of drug-likeness (QED) is 0.280. The fraction of sp³-hybridized carbons (Fsp3) is 0.600. The van der Waals surface area contributed by atoms with E-state index in [4.69, 9.17) is 9.47 Å². The van der Waals surface area contributed by atoms with Crippen LogP contribution in [0.15, 0.2) is 11.8 Å². The second-order valence-electron chi connectivity index (χ2n) is 2.90. The van der Waals surface area contributed by atoms with Crippen molar-refractivity contribution in [2.75, 3.05) is 21.3 Å². The fourth-order valence-corrected chi connectivity index (χ4v) is 1.09. The maximum absolute atomic E-state index is 11.0. The molecule has 0 aliphatic rings. The number of carbonyl (C=O) groups is 2. The van der Waals surface area contributed by atoms with E-state index >= 15 is 0 Å². The molecular weight excluding hydrogens is 200 g/mol. The first-order valence-electron chi connectivity index (χ1n) is 4.42. The fourth-order valence-electron chi connectivity index (χ4n) is 1.09. The van der Waals surface area contributed by atoms with Gasteiger partial charge in [-0.15, -0.1) is 0 Å². The van der Waals surface area contributed by atoms with Gasteiger partial charge in [0.05, 0.1) is 20.3 Å². The number of hydrogen-bond donors (Lipinski definition) is 0. The molecule has 0 aliphatic heterocycles. The minimum atomic E-state index is -0.638. The lowest BCUT2D eigenvalue weighted by Crippen LogP contribution is -2.24. The molecule has 0 heterocycles. The van der Waals surface area contributed by atoms with Crippen LogP contribution in [0.2, 0.25) is 0 Å². The summed E-state index contributed by atoms with van der Waals surface area (Å²) in [6.45, 7) is 1.72. The Morgan fingerprint density at radius 1 is 1.20 bits per heavy atom. The van der Waals surface area contributed by atoms with Crippen molar-refractivity contribution in [2.45, 2.75) is 13.0 Å². The molecule has 0 aromatic carbocycles. The SMILES string of the molecule is COC(=O)/C=C(\OC)[C@H](C)[C@H](C=O)OC. The molecule has 0 aromatic rings. The number of methoxy groups -OCH3 is 3. The van der Waals surface area contributed by atoms with Gasteiger partial charge >= 0.3 is 5.97 Å². The summed E-state index contributed by atoms with van der Waals surface area (Å²) in [6.07, 6.45) is 1.22. The van der Waals surface area contributed by atoms with Crippen molar-refractivity contribution in [3.05, 3.63) is 11.8 Å². The number of hydrogen-bond acceptors (Lipinski definition) is 5. The normalized spacial score (nSPS) is 15.3. The highest BCUT2D eigenvalue weighted by molar-refractivity contribution is 5.82. The number of aldehydes is 1. The summed E-state index contributed by atoms with van der Waals surface area (Å²) in [5, 5.41) is 0. The van der Waals surface area contributed by atoms with Gasteiger partial charge in [-0.3, -0.25) is 0 Å². The second kappa shape index (κ2) is 7.00. The van der Waals surface area contributed by atoms with Crippen molar-refractivity contribution in [3.63, 3.8) is 0 Å². The summed E-state index contributed by atoms with van der Waals surface area (Å²) in [5.74, 6) is -0.517. The summed E-state index contributed by atoms with van der Waals surface area (Å²) in [6, 6.07) is 0. The molecule has 5 nitrogen and oxygen atoms in total. The van der Waals surface area contributed by atoms with Crippen LogP contribution >= 0.6 is 0 Å². The van der Waals surface area contributed by atoms with Crippen LogP contribution in [0.3, 0.4) is 0 Å². The Bertz CT molecular complexity index is 246. The van der Waals surface area contributed by atoms with Gasteiger partial charge in [0.2, 0.25) is 0 Å². The van der Waals surface area contributed by atoms with Crippen LogP contribution in [0.25, 0.3) is 0 Å². The monoisotopic (exact) mass is 216 g/mol. The predicted octanol–water partition coefficient (Wildman–Crippen LogP) is 0.540. The summed E-state index contributed by atoms with van der Waals surface area (Å²) in [7, 11) is 4.11. The zero-order valence-electron chi connectivity index (χ0n) is 9.35. The molecule has 0 aliphatic carbocycles. The van der Waals surface area contributed by atoms with Crippen molar-refractivity contribution in [2.24, 2.45) is 5.92 Å². The third-order valence-electron chi connectivity index (χ3n) is 2.04. The highest BCUT2D eigenvalue weighted by atomic mass is 16.5. The van der Waals surface area contributed by atoms with Gasteiger partial charge in [0, 0.05) is 13.0 Å². The molecule has 0 aromatic heterocycles. The Morgan fingerprint density at radius 2 is 1.80 bits per heavy atom. The van der Waals surface area contributed by atoms with Crippen LogP contribution in [0, 0.1) is 5.92 Å². The molecule has 0 saturated heterocycles. The largest absolute Gasteiger partial charge is 0.500 e. The maximum Gasteiger partial charge on any atom is 0.333 e. The van der Waals surface area contributed by atoms with Gasteiger partial charge in [-0.05, 0) is 0 Å². The average Bonchev–Trinajstić information content (AvgIpc) is 2.26. The molecule has 86 valence electrons. The number of rotatable bonds is 6. The molecule has 0 amide bonds. The lowest BCUT2D eigenvalue weighted by atomic mass is 10.0. The molecule has 0 bridgehead atoms. The maximum atomic E-state index is 11.0. The molecule has 0 fully saturated rings. The topological polar surface area (TPSA) is 61.8 Å². The number of carbonyl (C=O) groups excluding carboxylic acids is 2. The van der Waals surface area contributed by atoms with Crippen molar-refractivity contribution in [1.82, 2.24) is 0 Å². The van der Waals surface area contributed by atoms with Crippen molar-refractivity contribution < 1.29 is 23.8 Å². The minimum Gasteiger partial charge on any atom is -0.500 e.